The first kappa shape index (κ1) is 9.42. The van der Waals surface area contributed by atoms with E-state index in [0.717, 1.165) is 12.1 Å². The van der Waals surface area contributed by atoms with Crippen molar-refractivity contribution in [2.24, 2.45) is 0 Å². The van der Waals surface area contributed by atoms with E-state index in [2.05, 4.69) is 11.6 Å². The maximum absolute atomic E-state index is 10.9. The monoisotopic (exact) mass is 183 g/mol. The van der Waals surface area contributed by atoms with Crippen molar-refractivity contribution in [2.75, 3.05) is 11.0 Å². The minimum absolute atomic E-state index is 0.959. The van der Waals surface area contributed by atoms with Crippen LogP contribution in [-0.4, -0.2) is 10.8 Å². The van der Waals surface area contributed by atoms with Crippen molar-refractivity contribution in [3.05, 3.63) is 29.8 Å². The summed E-state index contributed by atoms with van der Waals surface area (Å²) in [6, 6.07) is 7.91. The summed E-state index contributed by atoms with van der Waals surface area (Å²) in [5, 5.41) is 0. The second-order valence-corrected chi connectivity index (χ2v) is 3.68. The Kier molecular flexibility index (Phi) is 3.44. The molecule has 1 rings (SSSR count). The Labute approximate surface area is 76.3 Å². The van der Waals surface area contributed by atoms with Gasteiger partial charge >= 0.3 is 0 Å². The summed E-state index contributed by atoms with van der Waals surface area (Å²) in [7, 11) is 0. The van der Waals surface area contributed by atoms with Crippen LogP contribution in [0.3, 0.4) is 0 Å². The lowest BCUT2D eigenvalue weighted by Gasteiger charge is -2.10. The van der Waals surface area contributed by atoms with Crippen LogP contribution >= 0.6 is 0 Å². The topological polar surface area (TPSA) is 35.1 Å². The number of hydrogen-bond acceptors (Lipinski definition) is 2. The van der Waals surface area contributed by atoms with Crippen LogP contribution in [-0.2, 0) is 17.8 Å². The van der Waals surface area contributed by atoms with Gasteiger partial charge in [-0.2, -0.15) is 0 Å². The summed E-state index contributed by atoms with van der Waals surface area (Å²) >= 11 is -0.978. The van der Waals surface area contributed by atoms with E-state index >= 15 is 0 Å². The first-order chi connectivity index (χ1) is 5.74. The molecule has 1 atom stereocenters. The summed E-state index contributed by atoms with van der Waals surface area (Å²) in [6.07, 6.45) is 2.59. The van der Waals surface area contributed by atoms with E-state index in [0.29, 0.717) is 0 Å². The van der Waals surface area contributed by atoms with Crippen molar-refractivity contribution < 1.29 is 4.55 Å². The van der Waals surface area contributed by atoms with Gasteiger partial charge in [0.05, 0.1) is 17.0 Å². The van der Waals surface area contributed by atoms with E-state index in [1.54, 1.807) is 6.26 Å². The molecule has 0 aliphatic heterocycles. The lowest BCUT2D eigenvalue weighted by molar-refractivity contribution is 0.605. The normalized spacial score (nSPS) is 12.6. The molecule has 0 fully saturated rings. The Morgan fingerprint density at radius 1 is 1.42 bits per heavy atom. The van der Waals surface area contributed by atoms with E-state index in [9.17, 15) is 4.55 Å². The SMILES string of the molecule is CCc1ccccc1N[S+](C)[O-]. The maximum atomic E-state index is 10.9. The Morgan fingerprint density at radius 3 is 2.67 bits per heavy atom. The van der Waals surface area contributed by atoms with Gasteiger partial charge in [0.2, 0.25) is 0 Å². The summed E-state index contributed by atoms with van der Waals surface area (Å²) < 4.78 is 13.8. The van der Waals surface area contributed by atoms with Crippen LogP contribution in [0.5, 0.6) is 0 Å². The van der Waals surface area contributed by atoms with E-state index in [1.807, 2.05) is 24.3 Å². The Bertz CT molecular complexity index is 250. The number of rotatable bonds is 3. The highest BCUT2D eigenvalue weighted by Gasteiger charge is 2.02. The summed E-state index contributed by atoms with van der Waals surface area (Å²) in [5.74, 6) is 0. The second kappa shape index (κ2) is 4.38. The summed E-state index contributed by atoms with van der Waals surface area (Å²) in [6.45, 7) is 2.08. The maximum Gasteiger partial charge on any atom is 0.121 e. The highest BCUT2D eigenvalue weighted by Crippen LogP contribution is 2.16. The third kappa shape index (κ3) is 2.43. The van der Waals surface area contributed by atoms with Gasteiger partial charge in [-0.3, -0.25) is 0 Å². The lowest BCUT2D eigenvalue weighted by atomic mass is 10.1. The fraction of sp³-hybridized carbons (Fsp3) is 0.333. The molecule has 1 unspecified atom stereocenters. The molecule has 1 aromatic carbocycles. The summed E-state index contributed by atoms with van der Waals surface area (Å²) in [4.78, 5) is 0. The van der Waals surface area contributed by atoms with Crippen LogP contribution in [0.1, 0.15) is 12.5 Å². The molecule has 1 N–H and O–H groups in total. The summed E-state index contributed by atoms with van der Waals surface area (Å²) in [5.41, 5.74) is 2.17. The number of anilines is 1. The predicted molar refractivity (Wildman–Crippen MR) is 53.5 cm³/mol. The Hall–Kier alpha value is -0.670. The standard InChI is InChI=1S/C9H13NOS/c1-3-8-6-4-5-7-9(8)10-12(2)11/h4-7,10H,3H2,1-2H3. The molecule has 0 heterocycles. The quantitative estimate of drug-likeness (QED) is 0.727. The highest BCUT2D eigenvalue weighted by molar-refractivity contribution is 7.92. The van der Waals surface area contributed by atoms with Crippen LogP contribution in [0, 0.1) is 0 Å². The molecular weight excluding hydrogens is 170 g/mol. The van der Waals surface area contributed by atoms with Crippen LogP contribution in [0.15, 0.2) is 24.3 Å². The van der Waals surface area contributed by atoms with Crippen molar-refractivity contribution in [3.8, 4) is 0 Å². The van der Waals surface area contributed by atoms with Gasteiger partial charge in [-0.1, -0.05) is 25.1 Å². The van der Waals surface area contributed by atoms with E-state index in [1.165, 1.54) is 5.56 Å². The fourth-order valence-electron chi connectivity index (χ4n) is 1.08. The van der Waals surface area contributed by atoms with Crippen molar-refractivity contribution in [3.63, 3.8) is 0 Å². The molecule has 0 aliphatic rings. The molecule has 2 nitrogen and oxygen atoms in total. The molecule has 0 amide bonds. The minimum Gasteiger partial charge on any atom is -0.593 e. The molecule has 0 saturated carbocycles. The molecule has 0 aromatic heterocycles. The average molecular weight is 183 g/mol. The molecule has 12 heavy (non-hydrogen) atoms. The first-order valence-corrected chi connectivity index (χ1v) is 5.48. The van der Waals surface area contributed by atoms with Gasteiger partial charge in [0.1, 0.15) is 6.26 Å². The average Bonchev–Trinajstić information content (AvgIpc) is 2.04. The molecule has 0 spiro atoms. The molecule has 0 radical (unpaired) electrons. The van der Waals surface area contributed by atoms with Gasteiger partial charge in [0.15, 0.2) is 0 Å². The Morgan fingerprint density at radius 2 is 2.08 bits per heavy atom. The van der Waals surface area contributed by atoms with Gasteiger partial charge in [-0.25, -0.2) is 4.72 Å². The van der Waals surface area contributed by atoms with Crippen LogP contribution in [0.2, 0.25) is 0 Å². The third-order valence-electron chi connectivity index (χ3n) is 1.65. The van der Waals surface area contributed by atoms with Crippen molar-refractivity contribution in [2.45, 2.75) is 13.3 Å². The lowest BCUT2D eigenvalue weighted by Crippen LogP contribution is -2.10. The van der Waals surface area contributed by atoms with Crippen molar-refractivity contribution in [1.82, 2.24) is 0 Å². The zero-order valence-electron chi connectivity index (χ0n) is 7.33. The molecule has 0 saturated heterocycles. The molecule has 0 bridgehead atoms. The smallest absolute Gasteiger partial charge is 0.121 e. The zero-order valence-corrected chi connectivity index (χ0v) is 8.15. The number of hydrogen-bond donors (Lipinski definition) is 1. The van der Waals surface area contributed by atoms with Crippen molar-refractivity contribution in [1.29, 1.82) is 0 Å². The van der Waals surface area contributed by atoms with Crippen LogP contribution < -0.4 is 4.72 Å². The third-order valence-corrected chi connectivity index (χ3v) is 2.16. The number of benzene rings is 1. The van der Waals surface area contributed by atoms with E-state index in [4.69, 9.17) is 0 Å². The Balaban J connectivity index is 2.82. The first-order valence-electron chi connectivity index (χ1n) is 3.92. The minimum atomic E-state index is -0.978. The highest BCUT2D eigenvalue weighted by atomic mass is 32.2. The number of para-hydroxylation sites is 1. The molecular formula is C9H13NOS. The largest absolute Gasteiger partial charge is 0.593 e. The number of nitrogens with one attached hydrogen (secondary N) is 1. The molecule has 1 aromatic rings. The van der Waals surface area contributed by atoms with Crippen molar-refractivity contribution >= 4 is 17.0 Å². The van der Waals surface area contributed by atoms with Crippen LogP contribution in [0.4, 0.5) is 5.69 Å². The molecule has 66 valence electrons. The van der Waals surface area contributed by atoms with Gasteiger partial charge in [0, 0.05) is 0 Å². The predicted octanol–water partition coefficient (Wildman–Crippen LogP) is 1.95. The molecule has 0 aliphatic carbocycles. The van der Waals surface area contributed by atoms with Gasteiger partial charge in [0.25, 0.3) is 0 Å². The number of aryl methyl sites for hydroxylation is 1. The van der Waals surface area contributed by atoms with E-state index < -0.39 is 11.4 Å². The van der Waals surface area contributed by atoms with Crippen LogP contribution in [0.25, 0.3) is 0 Å². The second-order valence-electron chi connectivity index (χ2n) is 2.57. The van der Waals surface area contributed by atoms with Gasteiger partial charge < -0.3 is 4.55 Å². The van der Waals surface area contributed by atoms with Gasteiger partial charge in [-0.05, 0) is 18.1 Å². The van der Waals surface area contributed by atoms with E-state index in [-0.39, 0.29) is 0 Å². The zero-order chi connectivity index (χ0) is 8.97. The fourth-order valence-corrected chi connectivity index (χ4v) is 1.59. The van der Waals surface area contributed by atoms with Gasteiger partial charge in [-0.15, -0.1) is 0 Å². The molecule has 3 heteroatoms.